The lowest BCUT2D eigenvalue weighted by atomic mass is 9.99. The van der Waals surface area contributed by atoms with Crippen molar-refractivity contribution in [1.82, 2.24) is 5.32 Å². The summed E-state index contributed by atoms with van der Waals surface area (Å²) in [5.74, 6) is 1.74. The van der Waals surface area contributed by atoms with Crippen molar-refractivity contribution in [2.75, 3.05) is 48.3 Å². The molecular formula is C27H37N3O5S. The van der Waals surface area contributed by atoms with Crippen LogP contribution in [-0.4, -0.2) is 53.4 Å². The first-order valence-electron chi connectivity index (χ1n) is 12.7. The SMILES string of the molecule is C[C@@H]1CCCN(c2ccc([C@H](C)NC(=O)CCCN(c3ccc4c(c3)OCCO4)S(C)(=O)=O)cc2)C1. The summed E-state index contributed by atoms with van der Waals surface area (Å²) >= 11 is 0. The lowest BCUT2D eigenvalue weighted by Gasteiger charge is -2.33. The van der Waals surface area contributed by atoms with E-state index in [0.717, 1.165) is 18.7 Å². The predicted octanol–water partition coefficient (Wildman–Crippen LogP) is 4.12. The number of amides is 1. The monoisotopic (exact) mass is 515 g/mol. The van der Waals surface area contributed by atoms with Crippen LogP contribution < -0.4 is 24.0 Å². The van der Waals surface area contributed by atoms with Crippen LogP contribution in [0.3, 0.4) is 0 Å². The average Bonchev–Trinajstić information content (AvgIpc) is 2.85. The molecule has 0 bridgehead atoms. The van der Waals surface area contributed by atoms with Gasteiger partial charge in [-0.2, -0.15) is 0 Å². The normalized spacial score (nSPS) is 18.4. The molecule has 1 amide bonds. The number of hydrogen-bond acceptors (Lipinski definition) is 6. The van der Waals surface area contributed by atoms with E-state index in [2.05, 4.69) is 41.4 Å². The predicted molar refractivity (Wildman–Crippen MR) is 142 cm³/mol. The molecule has 9 heteroatoms. The molecule has 2 aromatic carbocycles. The fraction of sp³-hybridized carbons (Fsp3) is 0.519. The molecular weight excluding hydrogens is 478 g/mol. The highest BCUT2D eigenvalue weighted by atomic mass is 32.2. The van der Waals surface area contributed by atoms with E-state index in [1.165, 1.54) is 29.1 Å². The van der Waals surface area contributed by atoms with Crippen LogP contribution in [0.2, 0.25) is 0 Å². The van der Waals surface area contributed by atoms with Gasteiger partial charge in [-0.25, -0.2) is 8.42 Å². The first-order chi connectivity index (χ1) is 17.2. The van der Waals surface area contributed by atoms with E-state index >= 15 is 0 Å². The van der Waals surface area contributed by atoms with Crippen molar-refractivity contribution in [3.05, 3.63) is 48.0 Å². The Morgan fingerprint density at radius 2 is 1.86 bits per heavy atom. The third kappa shape index (κ3) is 6.63. The van der Waals surface area contributed by atoms with Crippen molar-refractivity contribution in [3.8, 4) is 11.5 Å². The lowest BCUT2D eigenvalue weighted by Crippen LogP contribution is -2.34. The summed E-state index contributed by atoms with van der Waals surface area (Å²) in [7, 11) is -3.52. The number of fused-ring (bicyclic) bond motifs is 1. The van der Waals surface area contributed by atoms with Crippen LogP contribution in [0.1, 0.15) is 51.1 Å². The summed E-state index contributed by atoms with van der Waals surface area (Å²) in [6.07, 6.45) is 4.30. The minimum absolute atomic E-state index is 0.105. The van der Waals surface area contributed by atoms with Crippen LogP contribution in [-0.2, 0) is 14.8 Å². The van der Waals surface area contributed by atoms with Crippen LogP contribution in [0, 0.1) is 5.92 Å². The van der Waals surface area contributed by atoms with E-state index in [-0.39, 0.29) is 24.9 Å². The minimum Gasteiger partial charge on any atom is -0.486 e. The summed E-state index contributed by atoms with van der Waals surface area (Å²) in [5.41, 5.74) is 2.77. The van der Waals surface area contributed by atoms with Gasteiger partial charge in [0, 0.05) is 37.8 Å². The van der Waals surface area contributed by atoms with Gasteiger partial charge in [0.15, 0.2) is 11.5 Å². The van der Waals surface area contributed by atoms with E-state index in [4.69, 9.17) is 9.47 Å². The van der Waals surface area contributed by atoms with Crippen LogP contribution in [0.4, 0.5) is 11.4 Å². The molecule has 0 radical (unpaired) electrons. The fourth-order valence-electron chi connectivity index (χ4n) is 4.85. The number of benzene rings is 2. The second-order valence-corrected chi connectivity index (χ2v) is 11.7. The Balaban J connectivity index is 1.30. The summed E-state index contributed by atoms with van der Waals surface area (Å²) in [5, 5.41) is 3.04. The molecule has 2 aromatic rings. The van der Waals surface area contributed by atoms with Gasteiger partial charge in [0.05, 0.1) is 18.0 Å². The van der Waals surface area contributed by atoms with Crippen LogP contribution in [0.5, 0.6) is 11.5 Å². The number of nitrogens with one attached hydrogen (secondary N) is 1. The van der Waals surface area contributed by atoms with Crippen LogP contribution in [0.25, 0.3) is 0 Å². The van der Waals surface area contributed by atoms with Gasteiger partial charge in [-0.3, -0.25) is 9.10 Å². The van der Waals surface area contributed by atoms with Gasteiger partial charge >= 0.3 is 0 Å². The van der Waals surface area contributed by atoms with Gasteiger partial charge in [0.25, 0.3) is 0 Å². The quantitative estimate of drug-likeness (QED) is 0.541. The van der Waals surface area contributed by atoms with Gasteiger partial charge in [-0.05, 0) is 61.9 Å². The Hall–Kier alpha value is -2.94. The Bertz CT molecular complexity index is 1150. The number of anilines is 2. The highest BCUT2D eigenvalue weighted by molar-refractivity contribution is 7.92. The average molecular weight is 516 g/mol. The Labute approximate surface area is 214 Å². The minimum atomic E-state index is -3.52. The molecule has 0 aliphatic carbocycles. The first kappa shape index (κ1) is 26.1. The summed E-state index contributed by atoms with van der Waals surface area (Å²) < 4.78 is 37.3. The van der Waals surface area contributed by atoms with E-state index in [0.29, 0.717) is 42.7 Å². The third-order valence-electron chi connectivity index (χ3n) is 6.77. The number of piperidine rings is 1. The van der Waals surface area contributed by atoms with Crippen molar-refractivity contribution >= 4 is 27.3 Å². The number of sulfonamides is 1. The highest BCUT2D eigenvalue weighted by Gasteiger charge is 2.21. The molecule has 0 unspecified atom stereocenters. The van der Waals surface area contributed by atoms with Crippen molar-refractivity contribution in [1.29, 1.82) is 0 Å². The van der Waals surface area contributed by atoms with Crippen molar-refractivity contribution in [3.63, 3.8) is 0 Å². The fourth-order valence-corrected chi connectivity index (χ4v) is 5.81. The maximum atomic E-state index is 12.6. The topological polar surface area (TPSA) is 88.2 Å². The maximum Gasteiger partial charge on any atom is 0.232 e. The zero-order valence-electron chi connectivity index (χ0n) is 21.4. The Morgan fingerprint density at radius 3 is 2.56 bits per heavy atom. The summed E-state index contributed by atoms with van der Waals surface area (Å²) in [6, 6.07) is 13.4. The molecule has 0 spiro atoms. The molecule has 36 heavy (non-hydrogen) atoms. The van der Waals surface area contributed by atoms with E-state index in [1.54, 1.807) is 18.2 Å². The highest BCUT2D eigenvalue weighted by Crippen LogP contribution is 2.34. The van der Waals surface area contributed by atoms with Crippen molar-refractivity contribution in [2.45, 2.75) is 45.6 Å². The molecule has 1 fully saturated rings. The number of hydrogen-bond donors (Lipinski definition) is 1. The van der Waals surface area contributed by atoms with Gasteiger partial charge in [0.1, 0.15) is 13.2 Å². The second-order valence-electron chi connectivity index (χ2n) is 9.84. The third-order valence-corrected chi connectivity index (χ3v) is 7.97. The Morgan fingerprint density at radius 1 is 1.14 bits per heavy atom. The number of carbonyl (C=O) groups excluding carboxylic acids is 1. The smallest absolute Gasteiger partial charge is 0.232 e. The van der Waals surface area contributed by atoms with Gasteiger partial charge in [-0.15, -0.1) is 0 Å². The molecule has 0 aromatic heterocycles. The molecule has 0 saturated carbocycles. The maximum absolute atomic E-state index is 12.6. The number of rotatable bonds is 9. The molecule has 4 rings (SSSR count). The summed E-state index contributed by atoms with van der Waals surface area (Å²) in [6.45, 7) is 7.53. The van der Waals surface area contributed by atoms with E-state index in [9.17, 15) is 13.2 Å². The molecule has 2 aliphatic rings. The van der Waals surface area contributed by atoms with Gasteiger partial charge in [0.2, 0.25) is 15.9 Å². The molecule has 2 atom stereocenters. The zero-order chi connectivity index (χ0) is 25.7. The van der Waals surface area contributed by atoms with E-state index < -0.39 is 10.0 Å². The number of nitrogens with zero attached hydrogens (tertiary/aromatic N) is 2. The summed E-state index contributed by atoms with van der Waals surface area (Å²) in [4.78, 5) is 15.0. The molecule has 8 nitrogen and oxygen atoms in total. The molecule has 196 valence electrons. The van der Waals surface area contributed by atoms with Crippen LogP contribution >= 0.6 is 0 Å². The van der Waals surface area contributed by atoms with Gasteiger partial charge < -0.3 is 19.7 Å². The molecule has 2 heterocycles. The zero-order valence-corrected chi connectivity index (χ0v) is 22.2. The van der Waals surface area contributed by atoms with Crippen LogP contribution in [0.15, 0.2) is 42.5 Å². The van der Waals surface area contributed by atoms with E-state index in [1.807, 2.05) is 6.92 Å². The first-order valence-corrected chi connectivity index (χ1v) is 14.6. The lowest BCUT2D eigenvalue weighted by molar-refractivity contribution is -0.121. The largest absolute Gasteiger partial charge is 0.486 e. The standard InChI is InChI=1S/C27H37N3O5S/c1-20-6-4-14-29(19-20)23-10-8-22(9-11-23)21(2)28-27(31)7-5-15-30(36(3,32)33)24-12-13-25-26(18-24)35-17-16-34-25/h8-13,18,20-21H,4-7,14-17,19H2,1-3H3,(H,28,31)/t20-,21+/m1/s1. The molecule has 2 aliphatic heterocycles. The number of ether oxygens (including phenoxy) is 2. The second kappa shape index (κ2) is 11.4. The van der Waals surface area contributed by atoms with Crippen molar-refractivity contribution in [2.24, 2.45) is 5.92 Å². The molecule has 1 N–H and O–H groups in total. The Kier molecular flexibility index (Phi) is 8.28. The molecule has 1 saturated heterocycles. The van der Waals surface area contributed by atoms with Gasteiger partial charge in [-0.1, -0.05) is 19.1 Å². The number of carbonyl (C=O) groups is 1. The van der Waals surface area contributed by atoms with Crippen molar-refractivity contribution < 1.29 is 22.7 Å².